The number of hydrogen-bond acceptors (Lipinski definition) is 5. The SMILES string of the molecule is Cc1cc(NCC2CC(N)C2)n2ncnc2n1. The fourth-order valence-corrected chi connectivity index (χ4v) is 2.26. The second-order valence-corrected chi connectivity index (χ2v) is 4.73. The lowest BCUT2D eigenvalue weighted by molar-refractivity contribution is 0.280. The molecule has 0 atom stereocenters. The number of rotatable bonds is 3. The molecule has 1 saturated carbocycles. The topological polar surface area (TPSA) is 81.1 Å². The molecule has 0 radical (unpaired) electrons. The van der Waals surface area contributed by atoms with Gasteiger partial charge in [-0.15, -0.1) is 0 Å². The van der Waals surface area contributed by atoms with Gasteiger partial charge in [0.05, 0.1) is 0 Å². The Labute approximate surface area is 99.3 Å². The summed E-state index contributed by atoms with van der Waals surface area (Å²) in [5.41, 5.74) is 6.71. The van der Waals surface area contributed by atoms with E-state index < -0.39 is 0 Å². The highest BCUT2D eigenvalue weighted by molar-refractivity contribution is 5.44. The first kappa shape index (κ1) is 10.5. The van der Waals surface area contributed by atoms with Gasteiger partial charge < -0.3 is 11.1 Å². The molecule has 2 heterocycles. The minimum atomic E-state index is 0.396. The van der Waals surface area contributed by atoms with Crippen molar-refractivity contribution < 1.29 is 0 Å². The van der Waals surface area contributed by atoms with Crippen LogP contribution in [-0.2, 0) is 0 Å². The van der Waals surface area contributed by atoms with Gasteiger partial charge in [0.25, 0.3) is 5.78 Å². The van der Waals surface area contributed by atoms with Crippen molar-refractivity contribution >= 4 is 11.6 Å². The van der Waals surface area contributed by atoms with Crippen molar-refractivity contribution in [2.45, 2.75) is 25.8 Å². The van der Waals surface area contributed by atoms with Crippen LogP contribution in [0.15, 0.2) is 12.4 Å². The molecule has 1 aliphatic carbocycles. The third kappa shape index (κ3) is 1.95. The summed E-state index contributed by atoms with van der Waals surface area (Å²) in [5, 5.41) is 7.55. The first-order chi connectivity index (χ1) is 8.22. The van der Waals surface area contributed by atoms with Gasteiger partial charge in [0.2, 0.25) is 0 Å². The highest BCUT2D eigenvalue weighted by Gasteiger charge is 2.25. The molecular formula is C11H16N6. The van der Waals surface area contributed by atoms with Gasteiger partial charge in [-0.1, -0.05) is 0 Å². The van der Waals surface area contributed by atoms with E-state index in [0.29, 0.717) is 17.7 Å². The predicted octanol–water partition coefficient (Wildman–Crippen LogP) is 0.582. The summed E-state index contributed by atoms with van der Waals surface area (Å²) in [6.45, 7) is 2.89. The van der Waals surface area contributed by atoms with Crippen LogP contribution in [0.5, 0.6) is 0 Å². The number of nitrogens with one attached hydrogen (secondary N) is 1. The second kappa shape index (κ2) is 3.96. The minimum absolute atomic E-state index is 0.396. The number of anilines is 1. The number of nitrogens with zero attached hydrogens (tertiary/aromatic N) is 4. The Bertz CT molecular complexity index is 528. The highest BCUT2D eigenvalue weighted by Crippen LogP contribution is 2.25. The maximum atomic E-state index is 5.77. The monoisotopic (exact) mass is 232 g/mol. The van der Waals surface area contributed by atoms with Crippen LogP contribution >= 0.6 is 0 Å². The van der Waals surface area contributed by atoms with E-state index in [-0.39, 0.29) is 0 Å². The zero-order chi connectivity index (χ0) is 11.8. The molecule has 2 aromatic heterocycles. The zero-order valence-electron chi connectivity index (χ0n) is 9.80. The van der Waals surface area contributed by atoms with Gasteiger partial charge in [0.15, 0.2) is 0 Å². The Morgan fingerprint density at radius 1 is 1.53 bits per heavy atom. The number of hydrogen-bond donors (Lipinski definition) is 2. The van der Waals surface area contributed by atoms with E-state index in [0.717, 1.165) is 30.9 Å². The highest BCUT2D eigenvalue weighted by atomic mass is 15.3. The first-order valence-corrected chi connectivity index (χ1v) is 5.89. The van der Waals surface area contributed by atoms with E-state index in [9.17, 15) is 0 Å². The van der Waals surface area contributed by atoms with Crippen LogP contribution in [0.4, 0.5) is 5.82 Å². The van der Waals surface area contributed by atoms with Crippen LogP contribution in [0.1, 0.15) is 18.5 Å². The standard InChI is InChI=1S/C11H16N6/c1-7-2-10(13-5-8-3-9(12)4-8)17-11(16-7)14-6-15-17/h2,6,8-9,13H,3-5,12H2,1H3. The molecule has 90 valence electrons. The van der Waals surface area contributed by atoms with Crippen LogP contribution in [-0.4, -0.2) is 32.2 Å². The van der Waals surface area contributed by atoms with E-state index >= 15 is 0 Å². The van der Waals surface area contributed by atoms with E-state index in [1.165, 1.54) is 6.33 Å². The van der Waals surface area contributed by atoms with Crippen molar-refractivity contribution in [1.82, 2.24) is 19.6 Å². The quantitative estimate of drug-likeness (QED) is 0.809. The molecule has 2 aromatic rings. The molecule has 17 heavy (non-hydrogen) atoms. The van der Waals surface area contributed by atoms with E-state index in [2.05, 4.69) is 20.4 Å². The Morgan fingerprint density at radius 3 is 3.12 bits per heavy atom. The molecule has 0 amide bonds. The number of aryl methyl sites for hydroxylation is 1. The lowest BCUT2D eigenvalue weighted by atomic mass is 9.81. The molecule has 0 spiro atoms. The van der Waals surface area contributed by atoms with E-state index in [1.807, 2.05) is 13.0 Å². The molecule has 6 nitrogen and oxygen atoms in total. The van der Waals surface area contributed by atoms with Crippen LogP contribution in [0, 0.1) is 12.8 Å². The molecular weight excluding hydrogens is 216 g/mol. The molecule has 0 aromatic carbocycles. The van der Waals surface area contributed by atoms with Crippen molar-refractivity contribution in [2.24, 2.45) is 11.7 Å². The summed E-state index contributed by atoms with van der Waals surface area (Å²) in [4.78, 5) is 8.39. The van der Waals surface area contributed by atoms with Crippen LogP contribution in [0.25, 0.3) is 5.78 Å². The van der Waals surface area contributed by atoms with Gasteiger partial charge in [0.1, 0.15) is 12.1 Å². The molecule has 1 aliphatic rings. The van der Waals surface area contributed by atoms with Crippen molar-refractivity contribution in [2.75, 3.05) is 11.9 Å². The summed E-state index contributed by atoms with van der Waals surface area (Å²) < 4.78 is 1.73. The van der Waals surface area contributed by atoms with Gasteiger partial charge in [-0.2, -0.15) is 14.6 Å². The summed E-state index contributed by atoms with van der Waals surface area (Å²) in [6, 6.07) is 2.38. The third-order valence-electron chi connectivity index (χ3n) is 3.22. The lowest BCUT2D eigenvalue weighted by Crippen LogP contribution is -2.39. The van der Waals surface area contributed by atoms with Gasteiger partial charge in [0, 0.05) is 24.3 Å². The molecule has 0 bridgehead atoms. The summed E-state index contributed by atoms with van der Waals surface area (Å²) in [7, 11) is 0. The van der Waals surface area contributed by atoms with E-state index in [1.54, 1.807) is 4.52 Å². The predicted molar refractivity (Wildman–Crippen MR) is 64.7 cm³/mol. The Balaban J connectivity index is 1.77. The molecule has 1 fully saturated rings. The smallest absolute Gasteiger partial charge is 0.254 e. The summed E-state index contributed by atoms with van der Waals surface area (Å²) in [5.74, 6) is 2.26. The molecule has 0 saturated heterocycles. The van der Waals surface area contributed by atoms with Crippen molar-refractivity contribution in [3.8, 4) is 0 Å². The Hall–Kier alpha value is -1.69. The van der Waals surface area contributed by atoms with Gasteiger partial charge in [-0.05, 0) is 25.7 Å². The molecule has 6 heteroatoms. The fourth-order valence-electron chi connectivity index (χ4n) is 2.26. The second-order valence-electron chi connectivity index (χ2n) is 4.73. The summed E-state index contributed by atoms with van der Waals surface area (Å²) >= 11 is 0. The van der Waals surface area contributed by atoms with Crippen molar-refractivity contribution in [3.63, 3.8) is 0 Å². The molecule has 3 N–H and O–H groups in total. The number of aromatic nitrogens is 4. The molecule has 0 unspecified atom stereocenters. The normalized spacial score (nSPS) is 23.6. The van der Waals surface area contributed by atoms with Crippen LogP contribution in [0.2, 0.25) is 0 Å². The van der Waals surface area contributed by atoms with Gasteiger partial charge in [-0.25, -0.2) is 4.98 Å². The van der Waals surface area contributed by atoms with Crippen LogP contribution < -0.4 is 11.1 Å². The van der Waals surface area contributed by atoms with Crippen molar-refractivity contribution in [1.29, 1.82) is 0 Å². The molecule has 3 rings (SSSR count). The fraction of sp³-hybridized carbons (Fsp3) is 0.545. The largest absolute Gasteiger partial charge is 0.370 e. The first-order valence-electron chi connectivity index (χ1n) is 5.89. The average Bonchev–Trinajstić information content (AvgIpc) is 2.70. The maximum absolute atomic E-state index is 5.77. The third-order valence-corrected chi connectivity index (χ3v) is 3.22. The maximum Gasteiger partial charge on any atom is 0.254 e. The zero-order valence-corrected chi connectivity index (χ0v) is 9.80. The summed E-state index contributed by atoms with van der Waals surface area (Å²) in [6.07, 6.45) is 3.74. The average molecular weight is 232 g/mol. The van der Waals surface area contributed by atoms with E-state index in [4.69, 9.17) is 5.73 Å². The number of nitrogens with two attached hydrogens (primary N) is 1. The minimum Gasteiger partial charge on any atom is -0.370 e. The Morgan fingerprint density at radius 2 is 2.35 bits per heavy atom. The van der Waals surface area contributed by atoms with Crippen molar-refractivity contribution in [3.05, 3.63) is 18.1 Å². The molecule has 0 aliphatic heterocycles. The van der Waals surface area contributed by atoms with Gasteiger partial charge >= 0.3 is 0 Å². The van der Waals surface area contributed by atoms with Gasteiger partial charge in [-0.3, -0.25) is 0 Å². The lowest BCUT2D eigenvalue weighted by Gasteiger charge is -2.32. The Kier molecular flexibility index (Phi) is 2.44. The van der Waals surface area contributed by atoms with Crippen LogP contribution in [0.3, 0.4) is 0 Å². The number of fused-ring (bicyclic) bond motifs is 1.